The second kappa shape index (κ2) is 9.07. The van der Waals surface area contributed by atoms with E-state index in [1.807, 2.05) is 18.2 Å². The van der Waals surface area contributed by atoms with Crippen molar-refractivity contribution in [2.75, 3.05) is 13.7 Å². The molecule has 0 fully saturated rings. The van der Waals surface area contributed by atoms with Gasteiger partial charge in [0.2, 0.25) is 0 Å². The van der Waals surface area contributed by atoms with Crippen LogP contribution >= 0.6 is 27.5 Å². The average Bonchev–Trinajstić information content (AvgIpc) is 3.18. The van der Waals surface area contributed by atoms with E-state index in [-0.39, 0.29) is 18.9 Å². The van der Waals surface area contributed by atoms with E-state index in [1.54, 1.807) is 25.1 Å². The van der Waals surface area contributed by atoms with Gasteiger partial charge in [-0.25, -0.2) is 4.79 Å². The molecular formula is C19H17BrClN3O4. The van der Waals surface area contributed by atoms with Crippen molar-refractivity contribution in [3.8, 4) is 22.8 Å². The normalized spacial score (nSPS) is 10.6. The van der Waals surface area contributed by atoms with Crippen LogP contribution in [0.15, 0.2) is 40.9 Å². The molecule has 3 rings (SSSR count). The number of ether oxygens (including phenoxy) is 3. The predicted molar refractivity (Wildman–Crippen MR) is 108 cm³/mol. The van der Waals surface area contributed by atoms with Gasteiger partial charge in [-0.1, -0.05) is 29.8 Å². The van der Waals surface area contributed by atoms with Crippen LogP contribution in [0.2, 0.25) is 5.02 Å². The first kappa shape index (κ1) is 20.2. The van der Waals surface area contributed by atoms with Crippen molar-refractivity contribution in [3.63, 3.8) is 0 Å². The zero-order chi connectivity index (χ0) is 20.1. The third-order valence-corrected chi connectivity index (χ3v) is 4.81. The van der Waals surface area contributed by atoms with E-state index in [2.05, 4.69) is 31.3 Å². The lowest BCUT2D eigenvalue weighted by atomic mass is 10.1. The third-order valence-electron chi connectivity index (χ3n) is 3.85. The number of esters is 1. The third kappa shape index (κ3) is 4.28. The maximum absolute atomic E-state index is 12.1. The van der Waals surface area contributed by atoms with E-state index in [0.29, 0.717) is 32.3 Å². The minimum absolute atomic E-state index is 0.0977. The van der Waals surface area contributed by atoms with Gasteiger partial charge in [0.25, 0.3) is 0 Å². The monoisotopic (exact) mass is 465 g/mol. The van der Waals surface area contributed by atoms with E-state index < -0.39 is 5.97 Å². The lowest BCUT2D eigenvalue weighted by Crippen LogP contribution is -2.07. The van der Waals surface area contributed by atoms with Gasteiger partial charge in [0.05, 0.1) is 18.2 Å². The Hall–Kier alpha value is -2.58. The molecule has 0 saturated heterocycles. The molecule has 0 bridgehead atoms. The number of halogens is 2. The van der Waals surface area contributed by atoms with Gasteiger partial charge >= 0.3 is 5.97 Å². The molecule has 2 aromatic carbocycles. The minimum Gasteiger partial charge on any atom is -0.493 e. The highest BCUT2D eigenvalue weighted by Gasteiger charge is 2.22. The zero-order valence-corrected chi connectivity index (χ0v) is 17.5. The molecule has 146 valence electrons. The van der Waals surface area contributed by atoms with Crippen molar-refractivity contribution in [2.45, 2.75) is 13.5 Å². The maximum Gasteiger partial charge on any atom is 0.361 e. The summed E-state index contributed by atoms with van der Waals surface area (Å²) in [4.78, 5) is 12.1. The first-order valence-corrected chi connectivity index (χ1v) is 9.54. The molecule has 0 spiro atoms. The van der Waals surface area contributed by atoms with Gasteiger partial charge in [-0.05, 0) is 41.1 Å². The molecule has 3 aromatic rings. The molecule has 0 radical (unpaired) electrons. The number of carbonyl (C=O) groups is 1. The molecule has 28 heavy (non-hydrogen) atoms. The van der Waals surface area contributed by atoms with Crippen molar-refractivity contribution in [2.24, 2.45) is 0 Å². The molecular weight excluding hydrogens is 450 g/mol. The fourth-order valence-electron chi connectivity index (χ4n) is 2.54. The number of rotatable bonds is 7. The summed E-state index contributed by atoms with van der Waals surface area (Å²) >= 11 is 9.68. The second-order valence-electron chi connectivity index (χ2n) is 5.61. The first-order chi connectivity index (χ1) is 13.5. The van der Waals surface area contributed by atoms with Crippen LogP contribution < -0.4 is 9.47 Å². The summed E-state index contributed by atoms with van der Waals surface area (Å²) in [7, 11) is 1.53. The van der Waals surface area contributed by atoms with Crippen LogP contribution in [-0.4, -0.2) is 35.1 Å². The van der Waals surface area contributed by atoms with Gasteiger partial charge in [-0.2, -0.15) is 10.3 Å². The molecule has 0 aliphatic rings. The summed E-state index contributed by atoms with van der Waals surface area (Å²) in [5.41, 5.74) is 1.92. The van der Waals surface area contributed by atoms with Gasteiger partial charge in [-0.3, -0.25) is 0 Å². The van der Waals surface area contributed by atoms with Gasteiger partial charge in [-0.15, -0.1) is 5.10 Å². The molecule has 0 atom stereocenters. The Kier molecular flexibility index (Phi) is 6.53. The molecule has 1 aromatic heterocycles. The van der Waals surface area contributed by atoms with Crippen LogP contribution in [0.25, 0.3) is 11.3 Å². The molecule has 0 aliphatic heterocycles. The van der Waals surface area contributed by atoms with Crippen LogP contribution in [-0.2, 0) is 11.3 Å². The van der Waals surface area contributed by atoms with Crippen molar-refractivity contribution >= 4 is 33.5 Å². The van der Waals surface area contributed by atoms with Crippen LogP contribution in [0.3, 0.4) is 0 Å². The highest BCUT2D eigenvalue weighted by molar-refractivity contribution is 9.10. The molecule has 0 unspecified atom stereocenters. The topological polar surface area (TPSA) is 86.3 Å². The molecule has 1 N–H and O–H groups in total. The number of methoxy groups -OCH3 is 1. The Morgan fingerprint density at radius 3 is 2.75 bits per heavy atom. The summed E-state index contributed by atoms with van der Waals surface area (Å²) in [6.45, 7) is 2.24. The standard InChI is InChI=1S/C19H17BrClN3O4/c1-3-27-19(25)17-16(22-24-23-17)12-8-13(20)18(15(9-12)26-2)28-10-11-6-4-5-7-14(11)21/h4-9H,3,10H2,1-2H3,(H,22,23,24). The number of aromatic nitrogens is 3. The van der Waals surface area contributed by atoms with Crippen molar-refractivity contribution < 1.29 is 19.0 Å². The second-order valence-corrected chi connectivity index (χ2v) is 6.87. The van der Waals surface area contributed by atoms with Crippen molar-refractivity contribution in [1.29, 1.82) is 0 Å². The number of nitrogens with one attached hydrogen (secondary N) is 1. The summed E-state index contributed by atoms with van der Waals surface area (Å²) < 4.78 is 17.0. The van der Waals surface area contributed by atoms with E-state index in [9.17, 15) is 4.79 Å². The Labute approximate surface area is 175 Å². The molecule has 0 aliphatic carbocycles. The van der Waals surface area contributed by atoms with Crippen molar-refractivity contribution in [1.82, 2.24) is 15.4 Å². The molecule has 9 heteroatoms. The SMILES string of the molecule is CCOC(=O)c1n[nH]nc1-c1cc(Br)c(OCc2ccccc2Cl)c(OC)c1. The smallest absolute Gasteiger partial charge is 0.361 e. The Morgan fingerprint density at radius 2 is 2.04 bits per heavy atom. The fourth-order valence-corrected chi connectivity index (χ4v) is 3.28. The molecule has 0 amide bonds. The zero-order valence-electron chi connectivity index (χ0n) is 15.2. The molecule has 1 heterocycles. The van der Waals surface area contributed by atoms with Gasteiger partial charge in [0, 0.05) is 16.1 Å². The van der Waals surface area contributed by atoms with Crippen LogP contribution in [0.5, 0.6) is 11.5 Å². The fraction of sp³-hybridized carbons (Fsp3) is 0.211. The number of benzene rings is 2. The van der Waals surface area contributed by atoms with Gasteiger partial charge < -0.3 is 14.2 Å². The van der Waals surface area contributed by atoms with Gasteiger partial charge in [0.1, 0.15) is 12.3 Å². The number of carbonyl (C=O) groups excluding carboxylic acids is 1. The largest absolute Gasteiger partial charge is 0.493 e. The highest BCUT2D eigenvalue weighted by Crippen LogP contribution is 2.40. The quantitative estimate of drug-likeness (QED) is 0.510. The first-order valence-electron chi connectivity index (χ1n) is 8.37. The molecule has 0 saturated carbocycles. The number of hydrogen-bond acceptors (Lipinski definition) is 6. The predicted octanol–water partition coefficient (Wildman–Crippen LogP) is 4.65. The minimum atomic E-state index is -0.555. The average molecular weight is 467 g/mol. The molecule has 7 nitrogen and oxygen atoms in total. The summed E-state index contributed by atoms with van der Waals surface area (Å²) in [6.07, 6.45) is 0. The number of aromatic amines is 1. The van der Waals surface area contributed by atoms with E-state index in [1.165, 1.54) is 7.11 Å². The van der Waals surface area contributed by atoms with Gasteiger partial charge in [0.15, 0.2) is 17.2 Å². The van der Waals surface area contributed by atoms with Crippen LogP contribution in [0.1, 0.15) is 23.0 Å². The Morgan fingerprint density at radius 1 is 1.25 bits per heavy atom. The lowest BCUT2D eigenvalue weighted by Gasteiger charge is -2.14. The number of nitrogens with zero attached hydrogens (tertiary/aromatic N) is 2. The Bertz CT molecular complexity index is 993. The van der Waals surface area contributed by atoms with E-state index in [0.717, 1.165) is 5.56 Å². The van der Waals surface area contributed by atoms with E-state index >= 15 is 0 Å². The highest BCUT2D eigenvalue weighted by atomic mass is 79.9. The summed E-state index contributed by atoms with van der Waals surface area (Å²) in [6, 6.07) is 10.9. The summed E-state index contributed by atoms with van der Waals surface area (Å²) in [5.74, 6) is 0.418. The van der Waals surface area contributed by atoms with E-state index in [4.69, 9.17) is 25.8 Å². The maximum atomic E-state index is 12.1. The van der Waals surface area contributed by atoms with Crippen LogP contribution in [0.4, 0.5) is 0 Å². The number of H-pyrrole nitrogens is 1. The van der Waals surface area contributed by atoms with Crippen LogP contribution in [0, 0.1) is 0 Å². The number of hydrogen-bond donors (Lipinski definition) is 1. The summed E-state index contributed by atoms with van der Waals surface area (Å²) in [5, 5.41) is 11.0. The lowest BCUT2D eigenvalue weighted by molar-refractivity contribution is 0.0520. The Balaban J connectivity index is 1.92. The van der Waals surface area contributed by atoms with Crippen molar-refractivity contribution in [3.05, 3.63) is 57.2 Å².